The Kier molecular flexibility index (Phi) is 9.70. The average Bonchev–Trinajstić information content (AvgIpc) is 3.38. The van der Waals surface area contributed by atoms with Crippen molar-refractivity contribution in [2.45, 2.75) is 16.3 Å². The Morgan fingerprint density at radius 1 is 1.03 bits per heavy atom. The number of amides is 1. The molecule has 0 bridgehead atoms. The third-order valence-electron chi connectivity index (χ3n) is 5.42. The minimum atomic E-state index is -0.0901. The molecule has 3 aromatic carbocycles. The zero-order chi connectivity index (χ0) is 26.6. The van der Waals surface area contributed by atoms with Gasteiger partial charge in [0.15, 0.2) is 0 Å². The van der Waals surface area contributed by atoms with Crippen molar-refractivity contribution in [2.24, 2.45) is 4.99 Å². The highest BCUT2D eigenvalue weighted by atomic mass is 32.2. The Balaban J connectivity index is 0.000000283. The molecule has 0 aliphatic carbocycles. The first-order chi connectivity index (χ1) is 18.7. The lowest BCUT2D eigenvalue weighted by Gasteiger charge is -2.08. The molecule has 8 heteroatoms. The molecule has 0 saturated heterocycles. The molecule has 2 heterocycles. The number of aliphatic imine (C=N–C) groups is 1. The van der Waals surface area contributed by atoms with Gasteiger partial charge >= 0.3 is 0 Å². The molecule has 188 valence electrons. The van der Waals surface area contributed by atoms with Gasteiger partial charge in [0.05, 0.1) is 34.2 Å². The number of benzene rings is 3. The van der Waals surface area contributed by atoms with Crippen LogP contribution in [0, 0.1) is 0 Å². The summed E-state index contributed by atoms with van der Waals surface area (Å²) in [7, 11) is 1.64. The highest BCUT2D eigenvalue weighted by molar-refractivity contribution is 7.99. The highest BCUT2D eigenvalue weighted by Crippen LogP contribution is 2.32. The van der Waals surface area contributed by atoms with Crippen LogP contribution in [0.1, 0.15) is 27.3 Å². The molecule has 6 nitrogen and oxygen atoms in total. The van der Waals surface area contributed by atoms with E-state index < -0.39 is 0 Å². The maximum Gasteiger partial charge on any atom is 0.252 e. The number of carbonyl (C=O) groups is 1. The number of thiocarbonyl (C=S) groups is 1. The van der Waals surface area contributed by atoms with E-state index in [0.717, 1.165) is 32.1 Å². The second kappa shape index (κ2) is 13.8. The third-order valence-corrected chi connectivity index (χ3v) is 6.61. The first-order valence-electron chi connectivity index (χ1n) is 11.8. The Bertz CT molecular complexity index is 1580. The van der Waals surface area contributed by atoms with Crippen molar-refractivity contribution in [3.8, 4) is 0 Å². The molecule has 0 atom stereocenters. The number of aromatic amines is 1. The van der Waals surface area contributed by atoms with Crippen LogP contribution in [0.2, 0.25) is 0 Å². The Morgan fingerprint density at radius 3 is 2.58 bits per heavy atom. The molecular formula is C30H25N5OS2. The van der Waals surface area contributed by atoms with Crippen molar-refractivity contribution in [1.29, 1.82) is 0 Å². The van der Waals surface area contributed by atoms with Crippen molar-refractivity contribution in [1.82, 2.24) is 20.5 Å². The largest absolute Gasteiger partial charge is 0.355 e. The number of hydrogen-bond acceptors (Lipinski definition) is 6. The molecule has 2 aromatic heterocycles. The standard InChI is InChI=1S/C22H18N4OS.C8H7NS/c1-23-22(27)18-7-2-3-8-21(18)28-16-10-11-17-19(25-26-20(17)14-16)12-9-15-6-4-5-13-24-15;10-7-9-6-8-4-2-1-3-5-8/h2-14H,1H3,(H,23,27)(H,25,26);1-5H,6H2/b12-9+;. The topological polar surface area (TPSA) is 83.0 Å². The minimum absolute atomic E-state index is 0.0901. The molecule has 0 spiro atoms. The van der Waals surface area contributed by atoms with Gasteiger partial charge in [0, 0.05) is 28.4 Å². The van der Waals surface area contributed by atoms with Crippen molar-refractivity contribution >= 4 is 58.1 Å². The smallest absolute Gasteiger partial charge is 0.252 e. The van der Waals surface area contributed by atoms with Gasteiger partial charge in [0.2, 0.25) is 0 Å². The molecule has 0 unspecified atom stereocenters. The summed E-state index contributed by atoms with van der Waals surface area (Å²) in [6, 6.07) is 29.5. The zero-order valence-electron chi connectivity index (χ0n) is 20.7. The molecule has 0 fully saturated rings. The lowest BCUT2D eigenvalue weighted by atomic mass is 10.2. The zero-order valence-corrected chi connectivity index (χ0v) is 22.3. The summed E-state index contributed by atoms with van der Waals surface area (Å²) in [5.41, 5.74) is 4.53. The molecule has 0 radical (unpaired) electrons. The molecule has 0 saturated carbocycles. The number of fused-ring (bicyclic) bond motifs is 1. The van der Waals surface area contributed by atoms with Gasteiger partial charge in [0.25, 0.3) is 5.91 Å². The number of isothiocyanates is 1. The van der Waals surface area contributed by atoms with Gasteiger partial charge < -0.3 is 5.32 Å². The van der Waals surface area contributed by atoms with E-state index in [4.69, 9.17) is 0 Å². The van der Waals surface area contributed by atoms with Crippen LogP contribution >= 0.6 is 24.0 Å². The van der Waals surface area contributed by atoms with Crippen LogP contribution in [0.4, 0.5) is 0 Å². The summed E-state index contributed by atoms with van der Waals surface area (Å²) in [5, 5.41) is 13.5. The molecule has 5 aromatic rings. The predicted molar refractivity (Wildman–Crippen MR) is 158 cm³/mol. The summed E-state index contributed by atoms with van der Waals surface area (Å²) < 4.78 is 0. The van der Waals surface area contributed by atoms with Crippen LogP contribution in [0.5, 0.6) is 0 Å². The van der Waals surface area contributed by atoms with Gasteiger partial charge in [-0.25, -0.2) is 4.99 Å². The van der Waals surface area contributed by atoms with Crippen LogP contribution in [-0.2, 0) is 6.54 Å². The molecule has 5 rings (SSSR count). The summed E-state index contributed by atoms with van der Waals surface area (Å²) >= 11 is 5.99. The van der Waals surface area contributed by atoms with Crippen molar-refractivity contribution in [2.75, 3.05) is 7.05 Å². The van der Waals surface area contributed by atoms with E-state index in [1.165, 1.54) is 5.56 Å². The molecule has 1 amide bonds. The summed E-state index contributed by atoms with van der Waals surface area (Å²) in [4.78, 5) is 22.1. The first-order valence-corrected chi connectivity index (χ1v) is 13.0. The summed E-state index contributed by atoms with van der Waals surface area (Å²) in [5.74, 6) is -0.0901. The number of nitrogens with zero attached hydrogens (tertiary/aromatic N) is 3. The van der Waals surface area contributed by atoms with E-state index in [1.54, 1.807) is 25.0 Å². The number of nitrogens with one attached hydrogen (secondary N) is 2. The number of rotatable bonds is 7. The maximum atomic E-state index is 12.1. The van der Waals surface area contributed by atoms with E-state index in [-0.39, 0.29) is 5.91 Å². The summed E-state index contributed by atoms with van der Waals surface area (Å²) in [6.07, 6.45) is 5.66. The monoisotopic (exact) mass is 535 g/mol. The van der Waals surface area contributed by atoms with Crippen LogP contribution < -0.4 is 5.32 Å². The van der Waals surface area contributed by atoms with Gasteiger partial charge in [-0.05, 0) is 72.4 Å². The van der Waals surface area contributed by atoms with Gasteiger partial charge in [-0.3, -0.25) is 14.9 Å². The second-order valence-corrected chi connectivity index (χ2v) is 9.27. The Hall–Kier alpha value is -4.36. The van der Waals surface area contributed by atoms with Crippen LogP contribution in [-0.4, -0.2) is 33.3 Å². The van der Waals surface area contributed by atoms with Gasteiger partial charge in [-0.2, -0.15) is 5.10 Å². The fourth-order valence-electron chi connectivity index (χ4n) is 3.56. The normalized spacial score (nSPS) is 10.4. The molecule has 2 N–H and O–H groups in total. The number of aromatic nitrogens is 3. The van der Waals surface area contributed by atoms with Crippen molar-refractivity contribution in [3.05, 3.63) is 120 Å². The fourth-order valence-corrected chi connectivity index (χ4v) is 4.61. The lowest BCUT2D eigenvalue weighted by molar-refractivity contribution is 0.0960. The fraction of sp³-hybridized carbons (Fsp3) is 0.0667. The Labute approximate surface area is 230 Å². The van der Waals surface area contributed by atoms with Gasteiger partial charge in [0.1, 0.15) is 0 Å². The molecule has 0 aliphatic rings. The van der Waals surface area contributed by atoms with Crippen LogP contribution in [0.15, 0.2) is 112 Å². The van der Waals surface area contributed by atoms with E-state index in [1.807, 2.05) is 103 Å². The van der Waals surface area contributed by atoms with E-state index >= 15 is 0 Å². The van der Waals surface area contributed by atoms with E-state index in [0.29, 0.717) is 12.1 Å². The number of pyridine rings is 1. The maximum absolute atomic E-state index is 12.1. The van der Waals surface area contributed by atoms with Crippen molar-refractivity contribution in [3.63, 3.8) is 0 Å². The van der Waals surface area contributed by atoms with E-state index in [9.17, 15) is 4.79 Å². The average molecular weight is 536 g/mol. The quantitative estimate of drug-likeness (QED) is 0.174. The van der Waals surface area contributed by atoms with Crippen molar-refractivity contribution < 1.29 is 4.79 Å². The molecule has 0 aliphatic heterocycles. The SMILES string of the molecule is CNC(=O)c1ccccc1Sc1ccc2c(/C=C/c3ccccn3)n[nH]c2c1.S=C=NCc1ccccc1. The van der Waals surface area contributed by atoms with Crippen LogP contribution in [0.25, 0.3) is 23.1 Å². The second-order valence-electron chi connectivity index (χ2n) is 7.97. The van der Waals surface area contributed by atoms with Gasteiger partial charge in [-0.1, -0.05) is 60.3 Å². The number of H-pyrrole nitrogens is 1. The summed E-state index contributed by atoms with van der Waals surface area (Å²) in [6.45, 7) is 0.643. The Morgan fingerprint density at radius 2 is 1.82 bits per heavy atom. The first kappa shape index (κ1) is 26.7. The highest BCUT2D eigenvalue weighted by Gasteiger charge is 2.11. The molecular weight excluding hydrogens is 510 g/mol. The minimum Gasteiger partial charge on any atom is -0.355 e. The number of carbonyl (C=O) groups excluding carboxylic acids is 1. The van der Waals surface area contributed by atoms with Gasteiger partial charge in [-0.15, -0.1) is 0 Å². The molecule has 38 heavy (non-hydrogen) atoms. The predicted octanol–water partition coefficient (Wildman–Crippen LogP) is 6.93. The number of hydrogen-bond donors (Lipinski definition) is 2. The van der Waals surface area contributed by atoms with Crippen LogP contribution in [0.3, 0.4) is 0 Å². The lowest BCUT2D eigenvalue weighted by Crippen LogP contribution is -2.18. The third kappa shape index (κ3) is 7.33. The van der Waals surface area contributed by atoms with E-state index in [2.05, 4.69) is 42.9 Å².